The van der Waals surface area contributed by atoms with Gasteiger partial charge < -0.3 is 11.1 Å². The molecule has 1 aromatic carbocycles. The van der Waals surface area contributed by atoms with E-state index in [9.17, 15) is 31.5 Å². The van der Waals surface area contributed by atoms with Gasteiger partial charge in [0.15, 0.2) is 17.5 Å². The van der Waals surface area contributed by atoms with Crippen LogP contribution in [-0.2, 0) is 12.7 Å². The quantitative estimate of drug-likeness (QED) is 0.314. The molecule has 0 aliphatic heterocycles. The van der Waals surface area contributed by atoms with Gasteiger partial charge in [-0.2, -0.15) is 18.3 Å². The molecule has 0 spiro atoms. The molecule has 3 heterocycles. The monoisotopic (exact) mass is 522 g/mol. The zero-order chi connectivity index (χ0) is 26.9. The highest BCUT2D eigenvalue weighted by Crippen LogP contribution is 2.32. The molecule has 0 unspecified atom stereocenters. The van der Waals surface area contributed by atoms with Gasteiger partial charge in [-0.15, -0.1) is 0 Å². The standard InChI is InChI=1S/C22H19F5N8O2/c1-10(32-16-8-31-34-20(36)17(16)22(25,26)27)3-2-4-35-9-30-15-6-11(13(23)5-12(15)21(35)37)19-29-7-14(24)18(28)33-19/h5-10H,2-4H2,1H3,(H2,28,29,33)(H2,32,34,36)/t10-/m0/s1. The fourth-order valence-electron chi connectivity index (χ4n) is 3.71. The number of anilines is 2. The van der Waals surface area contributed by atoms with Gasteiger partial charge in [0.05, 0.1) is 40.9 Å². The van der Waals surface area contributed by atoms with E-state index in [2.05, 4.69) is 25.4 Å². The number of nitrogens with one attached hydrogen (secondary N) is 2. The molecule has 4 N–H and O–H groups in total. The third-order valence-corrected chi connectivity index (χ3v) is 5.50. The Balaban J connectivity index is 1.48. The highest BCUT2D eigenvalue weighted by molar-refractivity contribution is 5.82. The number of alkyl halides is 3. The lowest BCUT2D eigenvalue weighted by Gasteiger charge is -2.18. The second kappa shape index (κ2) is 9.91. The molecule has 4 aromatic rings. The van der Waals surface area contributed by atoms with Crippen molar-refractivity contribution in [2.45, 2.75) is 38.5 Å². The number of fused-ring (bicyclic) bond motifs is 1. The Labute approximate surface area is 204 Å². The molecule has 194 valence electrons. The van der Waals surface area contributed by atoms with Crippen LogP contribution in [0.1, 0.15) is 25.3 Å². The SMILES string of the molecule is C[C@@H](CCCn1cnc2cc(-c3ncc(F)c(N)n3)c(F)cc2c1=O)Nc1cn[nH]c(=O)c1C(F)(F)F. The van der Waals surface area contributed by atoms with Crippen LogP contribution >= 0.6 is 0 Å². The van der Waals surface area contributed by atoms with E-state index >= 15 is 0 Å². The molecule has 0 fully saturated rings. The number of hydrogen-bond acceptors (Lipinski definition) is 8. The number of aromatic amines is 1. The van der Waals surface area contributed by atoms with Crippen LogP contribution in [0, 0.1) is 11.6 Å². The number of benzene rings is 1. The summed E-state index contributed by atoms with van der Waals surface area (Å²) in [4.78, 5) is 36.0. The lowest BCUT2D eigenvalue weighted by atomic mass is 10.1. The first-order chi connectivity index (χ1) is 17.5. The zero-order valence-electron chi connectivity index (χ0n) is 19.1. The first kappa shape index (κ1) is 25.7. The van der Waals surface area contributed by atoms with Crippen LogP contribution in [0.2, 0.25) is 0 Å². The number of halogens is 5. The molecule has 0 radical (unpaired) electrons. The number of nitrogens with zero attached hydrogens (tertiary/aromatic N) is 5. The van der Waals surface area contributed by atoms with Crippen LogP contribution in [0.5, 0.6) is 0 Å². The number of H-pyrrole nitrogens is 1. The van der Waals surface area contributed by atoms with Crippen LogP contribution < -0.4 is 22.2 Å². The fourth-order valence-corrected chi connectivity index (χ4v) is 3.71. The number of rotatable bonds is 7. The van der Waals surface area contributed by atoms with Crippen molar-refractivity contribution >= 4 is 22.4 Å². The van der Waals surface area contributed by atoms with E-state index in [1.165, 1.54) is 17.0 Å². The highest BCUT2D eigenvalue weighted by atomic mass is 19.4. The van der Waals surface area contributed by atoms with Crippen molar-refractivity contribution in [2.24, 2.45) is 0 Å². The van der Waals surface area contributed by atoms with Crippen LogP contribution in [0.4, 0.5) is 33.5 Å². The summed E-state index contributed by atoms with van der Waals surface area (Å²) in [6, 6.07) is 1.72. The maximum Gasteiger partial charge on any atom is 0.423 e. The summed E-state index contributed by atoms with van der Waals surface area (Å²) in [5, 5.41) is 7.77. The summed E-state index contributed by atoms with van der Waals surface area (Å²) in [7, 11) is 0. The second-order valence-electron chi connectivity index (χ2n) is 8.19. The van der Waals surface area contributed by atoms with Crippen LogP contribution in [0.15, 0.2) is 40.4 Å². The minimum absolute atomic E-state index is 0.0191. The van der Waals surface area contributed by atoms with Crippen molar-refractivity contribution in [3.05, 3.63) is 68.8 Å². The first-order valence-electron chi connectivity index (χ1n) is 10.8. The predicted octanol–water partition coefficient (Wildman–Crippen LogP) is 3.10. The summed E-state index contributed by atoms with van der Waals surface area (Å²) in [5.74, 6) is -2.32. The molecule has 0 amide bonds. The molecular formula is C22H19F5N8O2. The van der Waals surface area contributed by atoms with E-state index in [1.807, 2.05) is 0 Å². The van der Waals surface area contributed by atoms with E-state index in [0.717, 1.165) is 18.5 Å². The molecule has 3 aromatic heterocycles. The van der Waals surface area contributed by atoms with E-state index in [1.54, 1.807) is 12.0 Å². The van der Waals surface area contributed by atoms with Gasteiger partial charge in [-0.1, -0.05) is 0 Å². The van der Waals surface area contributed by atoms with Gasteiger partial charge in [-0.05, 0) is 31.9 Å². The number of aryl methyl sites for hydroxylation is 1. The Kier molecular flexibility index (Phi) is 6.87. The Morgan fingerprint density at radius 1 is 1.14 bits per heavy atom. The number of nitrogen functional groups attached to an aromatic ring is 1. The molecule has 1 atom stereocenters. The first-order valence-corrected chi connectivity index (χ1v) is 10.8. The maximum atomic E-state index is 14.8. The average Bonchev–Trinajstić information content (AvgIpc) is 2.81. The van der Waals surface area contributed by atoms with Crippen molar-refractivity contribution in [3.8, 4) is 11.4 Å². The summed E-state index contributed by atoms with van der Waals surface area (Å²) in [6.07, 6.45) is -1.25. The number of nitrogens with two attached hydrogens (primary N) is 1. The number of hydrogen-bond donors (Lipinski definition) is 3. The van der Waals surface area contributed by atoms with E-state index < -0.39 is 52.0 Å². The van der Waals surface area contributed by atoms with Gasteiger partial charge in [0.1, 0.15) is 11.4 Å². The average molecular weight is 522 g/mol. The molecular weight excluding hydrogens is 503 g/mol. The van der Waals surface area contributed by atoms with Crippen molar-refractivity contribution in [1.29, 1.82) is 0 Å². The Morgan fingerprint density at radius 2 is 1.89 bits per heavy atom. The summed E-state index contributed by atoms with van der Waals surface area (Å²) in [5.41, 5.74) is 1.74. The van der Waals surface area contributed by atoms with E-state index in [-0.39, 0.29) is 28.8 Å². The van der Waals surface area contributed by atoms with Crippen molar-refractivity contribution in [3.63, 3.8) is 0 Å². The molecule has 4 rings (SSSR count). The molecule has 0 bridgehead atoms. The second-order valence-corrected chi connectivity index (χ2v) is 8.19. The lowest BCUT2D eigenvalue weighted by Crippen LogP contribution is -2.27. The summed E-state index contributed by atoms with van der Waals surface area (Å²) in [6.45, 7) is 1.76. The molecule has 10 nitrogen and oxygen atoms in total. The topological polar surface area (TPSA) is 144 Å². The highest BCUT2D eigenvalue weighted by Gasteiger charge is 2.37. The van der Waals surface area contributed by atoms with E-state index in [0.29, 0.717) is 12.8 Å². The Morgan fingerprint density at radius 3 is 2.59 bits per heavy atom. The molecule has 37 heavy (non-hydrogen) atoms. The minimum atomic E-state index is -4.87. The predicted molar refractivity (Wildman–Crippen MR) is 124 cm³/mol. The third kappa shape index (κ3) is 5.39. The van der Waals surface area contributed by atoms with Gasteiger partial charge in [0, 0.05) is 12.6 Å². The van der Waals surface area contributed by atoms with E-state index in [4.69, 9.17) is 5.73 Å². The molecule has 15 heteroatoms. The summed E-state index contributed by atoms with van der Waals surface area (Å²) >= 11 is 0. The van der Waals surface area contributed by atoms with Gasteiger partial charge in [-0.25, -0.2) is 28.8 Å². The largest absolute Gasteiger partial charge is 0.423 e. The smallest absolute Gasteiger partial charge is 0.381 e. The molecule has 0 aliphatic carbocycles. The Hall–Kier alpha value is -4.43. The third-order valence-electron chi connectivity index (χ3n) is 5.50. The lowest BCUT2D eigenvalue weighted by molar-refractivity contribution is -0.138. The van der Waals surface area contributed by atoms with Gasteiger partial charge >= 0.3 is 6.18 Å². The minimum Gasteiger partial charge on any atom is -0.381 e. The molecule has 0 saturated carbocycles. The zero-order valence-corrected chi connectivity index (χ0v) is 19.1. The van der Waals surface area contributed by atoms with Crippen LogP contribution in [0.25, 0.3) is 22.3 Å². The van der Waals surface area contributed by atoms with Crippen LogP contribution in [-0.4, -0.2) is 35.8 Å². The Bertz CT molecular complexity index is 1580. The molecule has 0 aliphatic rings. The maximum absolute atomic E-state index is 14.8. The van der Waals surface area contributed by atoms with Gasteiger partial charge in [0.2, 0.25) is 0 Å². The van der Waals surface area contributed by atoms with Crippen LogP contribution in [0.3, 0.4) is 0 Å². The van der Waals surface area contributed by atoms with Gasteiger partial charge in [0.25, 0.3) is 11.1 Å². The summed E-state index contributed by atoms with van der Waals surface area (Å²) < 4.78 is 68.9. The number of aromatic nitrogens is 6. The normalized spacial score (nSPS) is 12.6. The van der Waals surface area contributed by atoms with Crippen molar-refractivity contribution in [1.82, 2.24) is 29.7 Å². The van der Waals surface area contributed by atoms with Crippen molar-refractivity contribution in [2.75, 3.05) is 11.1 Å². The van der Waals surface area contributed by atoms with Gasteiger partial charge in [-0.3, -0.25) is 14.2 Å². The van der Waals surface area contributed by atoms with Crippen molar-refractivity contribution < 1.29 is 22.0 Å². The fraction of sp³-hybridized carbons (Fsp3) is 0.273. The molecule has 0 saturated heterocycles.